The van der Waals surface area contributed by atoms with Gasteiger partial charge in [-0.25, -0.2) is 0 Å². The Bertz CT molecular complexity index is 360. The molecule has 2 rings (SSSR count). The summed E-state index contributed by atoms with van der Waals surface area (Å²) >= 11 is 0. The highest BCUT2D eigenvalue weighted by molar-refractivity contribution is 5.59. The third-order valence-corrected chi connectivity index (χ3v) is 3.12. The van der Waals surface area contributed by atoms with Crippen molar-refractivity contribution in [2.45, 2.75) is 26.7 Å². The van der Waals surface area contributed by atoms with Crippen molar-refractivity contribution in [2.75, 3.05) is 24.6 Å². The lowest BCUT2D eigenvalue weighted by molar-refractivity contribution is 0.299. The van der Waals surface area contributed by atoms with Gasteiger partial charge < -0.3 is 10.0 Å². The van der Waals surface area contributed by atoms with E-state index in [0.29, 0.717) is 5.92 Å². The molecule has 0 radical (unpaired) electrons. The first-order valence-corrected chi connectivity index (χ1v) is 6.18. The molecule has 0 bridgehead atoms. The van der Waals surface area contributed by atoms with E-state index >= 15 is 0 Å². The molecular weight excluding hydrogens is 198 g/mol. The van der Waals surface area contributed by atoms with Crippen molar-refractivity contribution < 1.29 is 5.11 Å². The molecule has 0 saturated carbocycles. The van der Waals surface area contributed by atoms with Gasteiger partial charge in [-0.05, 0) is 36.0 Å². The molecule has 16 heavy (non-hydrogen) atoms. The number of aliphatic hydroxyl groups excluding tert-OH is 1. The summed E-state index contributed by atoms with van der Waals surface area (Å²) < 4.78 is 0. The maximum Gasteiger partial charge on any atom is 0.0471 e. The first-order chi connectivity index (χ1) is 7.70. The Hall–Kier alpha value is -1.02. The topological polar surface area (TPSA) is 23.5 Å². The molecule has 88 valence electrons. The molecule has 0 fully saturated rings. The van der Waals surface area contributed by atoms with E-state index in [1.165, 1.54) is 16.8 Å². The molecule has 1 aliphatic rings. The second-order valence-electron chi connectivity index (χ2n) is 5.03. The maximum absolute atomic E-state index is 8.93. The van der Waals surface area contributed by atoms with E-state index in [0.717, 1.165) is 25.9 Å². The highest BCUT2D eigenvalue weighted by Crippen LogP contribution is 2.29. The SMILES string of the molecule is CC(C)CN1CCc2cc(CCO)ccc21. The first kappa shape index (κ1) is 11.5. The van der Waals surface area contributed by atoms with E-state index in [1.807, 2.05) is 0 Å². The monoisotopic (exact) mass is 219 g/mol. The van der Waals surface area contributed by atoms with E-state index in [4.69, 9.17) is 5.11 Å². The zero-order chi connectivity index (χ0) is 11.5. The molecule has 2 nitrogen and oxygen atoms in total. The van der Waals surface area contributed by atoms with Crippen LogP contribution in [0.25, 0.3) is 0 Å². The third-order valence-electron chi connectivity index (χ3n) is 3.12. The van der Waals surface area contributed by atoms with Gasteiger partial charge in [0.15, 0.2) is 0 Å². The molecule has 0 spiro atoms. The Kier molecular flexibility index (Phi) is 3.49. The summed E-state index contributed by atoms with van der Waals surface area (Å²) in [7, 11) is 0. The molecule has 0 aliphatic carbocycles. The summed E-state index contributed by atoms with van der Waals surface area (Å²) in [5.41, 5.74) is 4.11. The van der Waals surface area contributed by atoms with E-state index in [9.17, 15) is 0 Å². The van der Waals surface area contributed by atoms with Crippen LogP contribution in [0.5, 0.6) is 0 Å². The minimum atomic E-state index is 0.245. The van der Waals surface area contributed by atoms with Crippen molar-refractivity contribution >= 4 is 5.69 Å². The molecule has 0 aromatic heterocycles. The van der Waals surface area contributed by atoms with Crippen molar-refractivity contribution in [3.05, 3.63) is 29.3 Å². The Morgan fingerprint density at radius 1 is 1.38 bits per heavy atom. The third kappa shape index (κ3) is 2.38. The summed E-state index contributed by atoms with van der Waals surface area (Å²) in [4.78, 5) is 2.47. The average molecular weight is 219 g/mol. The molecule has 1 aromatic rings. The average Bonchev–Trinajstić information content (AvgIpc) is 2.61. The van der Waals surface area contributed by atoms with Crippen molar-refractivity contribution in [1.29, 1.82) is 0 Å². The Morgan fingerprint density at radius 3 is 2.88 bits per heavy atom. The van der Waals surface area contributed by atoms with E-state index < -0.39 is 0 Å². The van der Waals surface area contributed by atoms with Crippen molar-refractivity contribution in [3.8, 4) is 0 Å². The smallest absolute Gasteiger partial charge is 0.0471 e. The molecule has 0 saturated heterocycles. The van der Waals surface area contributed by atoms with Gasteiger partial charge in [0.1, 0.15) is 0 Å². The quantitative estimate of drug-likeness (QED) is 0.839. The minimum Gasteiger partial charge on any atom is -0.396 e. The fourth-order valence-corrected chi connectivity index (χ4v) is 2.44. The van der Waals surface area contributed by atoms with Crippen molar-refractivity contribution in [3.63, 3.8) is 0 Å². The lowest BCUT2D eigenvalue weighted by Gasteiger charge is -2.21. The van der Waals surface area contributed by atoms with Crippen LogP contribution in [0.15, 0.2) is 18.2 Å². The molecular formula is C14H21NO. The van der Waals surface area contributed by atoms with Gasteiger partial charge in [0.2, 0.25) is 0 Å². The molecule has 1 heterocycles. The number of aliphatic hydroxyl groups is 1. The second kappa shape index (κ2) is 4.88. The van der Waals surface area contributed by atoms with Crippen LogP contribution < -0.4 is 4.90 Å². The van der Waals surface area contributed by atoms with E-state index in [1.54, 1.807) is 0 Å². The van der Waals surface area contributed by atoms with Crippen molar-refractivity contribution in [2.24, 2.45) is 5.92 Å². The van der Waals surface area contributed by atoms with E-state index in [-0.39, 0.29) is 6.61 Å². The summed E-state index contributed by atoms with van der Waals surface area (Å²) in [6, 6.07) is 6.62. The Labute approximate surface area is 97.9 Å². The van der Waals surface area contributed by atoms with Crippen LogP contribution >= 0.6 is 0 Å². The van der Waals surface area contributed by atoms with Gasteiger partial charge in [0, 0.05) is 25.4 Å². The highest BCUT2D eigenvalue weighted by atomic mass is 16.2. The largest absolute Gasteiger partial charge is 0.396 e. The summed E-state index contributed by atoms with van der Waals surface area (Å²) in [5.74, 6) is 0.711. The Morgan fingerprint density at radius 2 is 2.19 bits per heavy atom. The zero-order valence-electron chi connectivity index (χ0n) is 10.2. The number of anilines is 1. The first-order valence-electron chi connectivity index (χ1n) is 6.18. The van der Waals surface area contributed by atoms with Crippen LogP contribution in [0.4, 0.5) is 5.69 Å². The van der Waals surface area contributed by atoms with Gasteiger partial charge in [-0.1, -0.05) is 26.0 Å². The number of hydrogen-bond acceptors (Lipinski definition) is 2. The van der Waals surface area contributed by atoms with Gasteiger partial charge in [-0.2, -0.15) is 0 Å². The van der Waals surface area contributed by atoms with Crippen LogP contribution in [0, 0.1) is 5.92 Å². The molecule has 2 heteroatoms. The highest BCUT2D eigenvalue weighted by Gasteiger charge is 2.19. The lowest BCUT2D eigenvalue weighted by Crippen LogP contribution is -2.25. The number of nitrogens with zero attached hydrogens (tertiary/aromatic N) is 1. The van der Waals surface area contributed by atoms with Crippen LogP contribution in [0.1, 0.15) is 25.0 Å². The minimum absolute atomic E-state index is 0.245. The molecule has 0 atom stereocenters. The predicted molar refractivity (Wildman–Crippen MR) is 68.0 cm³/mol. The summed E-state index contributed by atoms with van der Waals surface area (Å²) in [6.07, 6.45) is 1.93. The summed E-state index contributed by atoms with van der Waals surface area (Å²) in [5, 5.41) is 8.93. The van der Waals surface area contributed by atoms with Gasteiger partial charge in [-0.15, -0.1) is 0 Å². The number of fused-ring (bicyclic) bond motifs is 1. The normalized spacial score (nSPS) is 14.6. The number of benzene rings is 1. The van der Waals surface area contributed by atoms with Gasteiger partial charge in [0.05, 0.1) is 0 Å². The standard InChI is InChI=1S/C14H21NO/c1-11(2)10-15-7-5-13-9-12(6-8-16)3-4-14(13)15/h3-4,9,11,16H,5-8,10H2,1-2H3. The van der Waals surface area contributed by atoms with Crippen LogP contribution in [-0.4, -0.2) is 24.8 Å². The number of rotatable bonds is 4. The molecule has 0 unspecified atom stereocenters. The van der Waals surface area contributed by atoms with Crippen LogP contribution in [0.3, 0.4) is 0 Å². The van der Waals surface area contributed by atoms with Crippen LogP contribution in [0.2, 0.25) is 0 Å². The molecule has 1 aromatic carbocycles. The van der Waals surface area contributed by atoms with Crippen molar-refractivity contribution in [1.82, 2.24) is 0 Å². The second-order valence-corrected chi connectivity index (χ2v) is 5.03. The van der Waals surface area contributed by atoms with E-state index in [2.05, 4.69) is 36.9 Å². The molecule has 1 aliphatic heterocycles. The number of hydrogen-bond donors (Lipinski definition) is 1. The zero-order valence-corrected chi connectivity index (χ0v) is 10.2. The van der Waals surface area contributed by atoms with Crippen LogP contribution in [-0.2, 0) is 12.8 Å². The fraction of sp³-hybridized carbons (Fsp3) is 0.571. The molecule has 1 N–H and O–H groups in total. The summed E-state index contributed by atoms with van der Waals surface area (Å²) in [6.45, 7) is 7.06. The fourth-order valence-electron chi connectivity index (χ4n) is 2.44. The Balaban J connectivity index is 2.15. The van der Waals surface area contributed by atoms with Gasteiger partial charge in [0.25, 0.3) is 0 Å². The maximum atomic E-state index is 8.93. The van der Waals surface area contributed by atoms with Gasteiger partial charge in [-0.3, -0.25) is 0 Å². The lowest BCUT2D eigenvalue weighted by atomic mass is 10.1. The predicted octanol–water partition coefficient (Wildman–Crippen LogP) is 2.24. The molecule has 0 amide bonds. The van der Waals surface area contributed by atoms with Gasteiger partial charge >= 0.3 is 0 Å².